The van der Waals surface area contributed by atoms with Crippen LogP contribution in [0.25, 0.3) is 0 Å². The van der Waals surface area contributed by atoms with Crippen LogP contribution in [0.4, 0.5) is 5.69 Å². The summed E-state index contributed by atoms with van der Waals surface area (Å²) < 4.78 is 2.08. The Kier molecular flexibility index (Phi) is 5.39. The molecule has 0 bridgehead atoms. The highest BCUT2D eigenvalue weighted by molar-refractivity contribution is 9.10. The Bertz CT molecular complexity index is 569. The lowest BCUT2D eigenvalue weighted by Crippen LogP contribution is -2.35. The predicted octanol–water partition coefficient (Wildman–Crippen LogP) is 1.70. The summed E-state index contributed by atoms with van der Waals surface area (Å²) in [7, 11) is 1.74. The van der Waals surface area contributed by atoms with Crippen molar-refractivity contribution in [3.8, 4) is 0 Å². The Labute approximate surface area is 132 Å². The third-order valence-electron chi connectivity index (χ3n) is 3.97. The van der Waals surface area contributed by atoms with Crippen molar-refractivity contribution in [3.05, 3.63) is 21.0 Å². The van der Waals surface area contributed by atoms with Crippen LogP contribution in [0.1, 0.15) is 26.2 Å². The highest BCUT2D eigenvalue weighted by Crippen LogP contribution is 2.27. The molecule has 1 aromatic heterocycles. The molecule has 21 heavy (non-hydrogen) atoms. The van der Waals surface area contributed by atoms with Gasteiger partial charge >= 0.3 is 0 Å². The van der Waals surface area contributed by atoms with E-state index in [1.165, 1.54) is 11.1 Å². The van der Waals surface area contributed by atoms with Crippen molar-refractivity contribution in [2.45, 2.75) is 32.7 Å². The molecular weight excluding hydrogens is 336 g/mol. The van der Waals surface area contributed by atoms with Crippen molar-refractivity contribution in [1.82, 2.24) is 14.7 Å². The minimum absolute atomic E-state index is 0.0499. The fraction of sp³-hybridized carbons (Fsp3) is 0.643. The smallest absolute Gasteiger partial charge is 0.291 e. The minimum Gasteiger partial charge on any atom is -0.371 e. The van der Waals surface area contributed by atoms with Crippen molar-refractivity contribution < 1.29 is 4.79 Å². The van der Waals surface area contributed by atoms with Gasteiger partial charge in [0.05, 0.1) is 17.2 Å². The van der Waals surface area contributed by atoms with Gasteiger partial charge in [-0.3, -0.25) is 9.59 Å². The van der Waals surface area contributed by atoms with E-state index in [1.54, 1.807) is 18.1 Å². The fourth-order valence-corrected chi connectivity index (χ4v) is 2.56. The van der Waals surface area contributed by atoms with Crippen molar-refractivity contribution in [1.29, 1.82) is 0 Å². The quantitative estimate of drug-likeness (QED) is 0.842. The highest BCUT2D eigenvalue weighted by atomic mass is 79.9. The summed E-state index contributed by atoms with van der Waals surface area (Å²) in [6, 6.07) is 0. The van der Waals surface area contributed by atoms with Crippen LogP contribution in [0.15, 0.2) is 15.5 Å². The molecule has 7 heteroatoms. The van der Waals surface area contributed by atoms with E-state index in [2.05, 4.69) is 26.3 Å². The maximum atomic E-state index is 12.4. The van der Waals surface area contributed by atoms with Gasteiger partial charge in [-0.2, -0.15) is 5.10 Å². The molecule has 0 unspecified atom stereocenters. The molecule has 0 saturated heterocycles. The zero-order chi connectivity index (χ0) is 15.4. The molecule has 0 radical (unpaired) electrons. The molecule has 1 heterocycles. The molecule has 0 spiro atoms. The zero-order valence-corrected chi connectivity index (χ0v) is 14.0. The van der Waals surface area contributed by atoms with E-state index >= 15 is 0 Å². The largest absolute Gasteiger partial charge is 0.371 e. The molecule has 0 aliphatic heterocycles. The van der Waals surface area contributed by atoms with Crippen molar-refractivity contribution >= 4 is 27.5 Å². The third kappa shape index (κ3) is 3.84. The van der Waals surface area contributed by atoms with E-state index in [1.807, 2.05) is 6.92 Å². The minimum atomic E-state index is -0.178. The average molecular weight is 357 g/mol. The first-order chi connectivity index (χ1) is 10.0. The summed E-state index contributed by atoms with van der Waals surface area (Å²) in [5.41, 5.74) is 0.227. The van der Waals surface area contributed by atoms with Crippen LogP contribution in [-0.4, -0.2) is 40.7 Å². The van der Waals surface area contributed by atoms with Gasteiger partial charge in [0, 0.05) is 20.1 Å². The molecule has 1 fully saturated rings. The number of carbonyl (C=O) groups is 1. The van der Waals surface area contributed by atoms with Crippen LogP contribution < -0.4 is 10.9 Å². The summed E-state index contributed by atoms with van der Waals surface area (Å²) in [6.45, 7) is 3.31. The molecule has 6 nitrogen and oxygen atoms in total. The third-order valence-corrected chi connectivity index (χ3v) is 4.57. The summed E-state index contributed by atoms with van der Waals surface area (Å²) in [4.78, 5) is 25.8. The lowest BCUT2D eigenvalue weighted by atomic mass is 9.85. The van der Waals surface area contributed by atoms with Crippen molar-refractivity contribution in [3.63, 3.8) is 0 Å². The standard InChI is InChI=1S/C14H21BrN4O2/c1-3-18(2)12(20)8-16-13-11(15)7-17-19(14(13)21)9-10-5-4-6-10/h7,10,16H,3-6,8-9H2,1-2H3. The molecule has 1 aliphatic carbocycles. The van der Waals surface area contributed by atoms with Crippen LogP contribution in [0.5, 0.6) is 0 Å². The van der Waals surface area contributed by atoms with E-state index < -0.39 is 0 Å². The Hall–Kier alpha value is -1.37. The molecule has 0 atom stereocenters. The van der Waals surface area contributed by atoms with Crippen molar-refractivity contribution in [2.75, 3.05) is 25.5 Å². The summed E-state index contributed by atoms with van der Waals surface area (Å²) >= 11 is 3.32. The van der Waals surface area contributed by atoms with Gasteiger partial charge in [-0.15, -0.1) is 0 Å². The first-order valence-electron chi connectivity index (χ1n) is 7.26. The van der Waals surface area contributed by atoms with E-state index in [9.17, 15) is 9.59 Å². The second-order valence-corrected chi connectivity index (χ2v) is 6.27. The molecule has 1 aliphatic rings. The Morgan fingerprint density at radius 2 is 2.29 bits per heavy atom. The number of rotatable bonds is 6. The Morgan fingerprint density at radius 1 is 1.57 bits per heavy atom. The second-order valence-electron chi connectivity index (χ2n) is 5.41. The number of hydrogen-bond donors (Lipinski definition) is 1. The second kappa shape index (κ2) is 7.06. The molecule has 1 saturated carbocycles. The topological polar surface area (TPSA) is 67.2 Å². The normalized spacial score (nSPS) is 14.6. The van der Waals surface area contributed by atoms with Gasteiger partial charge in [-0.05, 0) is 41.6 Å². The van der Waals surface area contributed by atoms with Crippen LogP contribution >= 0.6 is 15.9 Å². The number of aromatic nitrogens is 2. The predicted molar refractivity (Wildman–Crippen MR) is 85.3 cm³/mol. The number of halogens is 1. The summed E-state index contributed by atoms with van der Waals surface area (Å²) in [5.74, 6) is 0.503. The highest BCUT2D eigenvalue weighted by Gasteiger charge is 2.20. The molecule has 1 amide bonds. The molecule has 1 aromatic rings. The van der Waals surface area contributed by atoms with Gasteiger partial charge in [0.25, 0.3) is 5.56 Å². The maximum absolute atomic E-state index is 12.4. The number of nitrogens with one attached hydrogen (secondary N) is 1. The lowest BCUT2D eigenvalue weighted by molar-refractivity contribution is -0.127. The van der Waals surface area contributed by atoms with Crippen LogP contribution in [0.3, 0.4) is 0 Å². The molecule has 0 aromatic carbocycles. The van der Waals surface area contributed by atoms with Gasteiger partial charge in [0.2, 0.25) is 5.91 Å². The Morgan fingerprint density at radius 3 is 2.86 bits per heavy atom. The zero-order valence-electron chi connectivity index (χ0n) is 12.4. The number of amides is 1. The van der Waals surface area contributed by atoms with E-state index in [4.69, 9.17) is 0 Å². The lowest BCUT2D eigenvalue weighted by Gasteiger charge is -2.25. The SMILES string of the molecule is CCN(C)C(=O)CNc1c(Br)cnn(CC2CCC2)c1=O. The van der Waals surface area contributed by atoms with Gasteiger partial charge in [0.1, 0.15) is 5.69 Å². The fourth-order valence-electron chi connectivity index (χ4n) is 2.15. The first kappa shape index (κ1) is 16.0. The van der Waals surface area contributed by atoms with Gasteiger partial charge in [-0.1, -0.05) is 6.42 Å². The number of nitrogens with zero attached hydrogens (tertiary/aromatic N) is 3. The van der Waals surface area contributed by atoms with Crippen LogP contribution in [-0.2, 0) is 11.3 Å². The van der Waals surface area contributed by atoms with Gasteiger partial charge in [0.15, 0.2) is 0 Å². The molecule has 2 rings (SSSR count). The van der Waals surface area contributed by atoms with Gasteiger partial charge in [-0.25, -0.2) is 4.68 Å². The summed E-state index contributed by atoms with van der Waals surface area (Å²) in [5, 5.41) is 7.10. The van der Waals surface area contributed by atoms with Crippen LogP contribution in [0, 0.1) is 5.92 Å². The maximum Gasteiger partial charge on any atom is 0.291 e. The number of likely N-dealkylation sites (N-methyl/N-ethyl adjacent to an activating group) is 1. The number of anilines is 1. The van der Waals surface area contributed by atoms with E-state index in [0.717, 1.165) is 12.8 Å². The molecule has 1 N–H and O–H groups in total. The average Bonchev–Trinajstić information content (AvgIpc) is 2.43. The molecular formula is C14H21BrN4O2. The van der Waals surface area contributed by atoms with Gasteiger partial charge < -0.3 is 10.2 Å². The monoisotopic (exact) mass is 356 g/mol. The van der Waals surface area contributed by atoms with Crippen molar-refractivity contribution in [2.24, 2.45) is 5.92 Å². The van der Waals surface area contributed by atoms with E-state index in [-0.39, 0.29) is 18.0 Å². The van der Waals surface area contributed by atoms with E-state index in [0.29, 0.717) is 29.2 Å². The van der Waals surface area contributed by atoms with Crippen LogP contribution in [0.2, 0.25) is 0 Å². The number of carbonyl (C=O) groups excluding carboxylic acids is 1. The summed E-state index contributed by atoms with van der Waals surface area (Å²) in [6.07, 6.45) is 5.16. The molecule has 116 valence electrons. The Balaban J connectivity index is 2.08. The number of hydrogen-bond acceptors (Lipinski definition) is 4. The first-order valence-corrected chi connectivity index (χ1v) is 8.05.